The molecule has 2 aromatic carbocycles. The number of hydrogen-bond donors (Lipinski definition) is 2. The largest absolute Gasteiger partial charge is 0.507 e. The lowest BCUT2D eigenvalue weighted by molar-refractivity contribution is 0.429. The summed E-state index contributed by atoms with van der Waals surface area (Å²) in [6, 6.07) is 11.2. The average Bonchev–Trinajstić information content (AvgIpc) is 2.77. The zero-order valence-electron chi connectivity index (χ0n) is 10.2. The maximum Gasteiger partial charge on any atom is 0.224 e. The quantitative estimate of drug-likeness (QED) is 0.560. The molecular weight excluding hydrogens is 292 g/mol. The summed E-state index contributed by atoms with van der Waals surface area (Å²) < 4.78 is 1.69. The van der Waals surface area contributed by atoms with E-state index >= 15 is 0 Å². The van der Waals surface area contributed by atoms with Crippen LogP contribution in [0.25, 0.3) is 10.8 Å². The Morgan fingerprint density at radius 3 is 2.70 bits per heavy atom. The molecule has 0 aliphatic carbocycles. The zero-order chi connectivity index (χ0) is 14.1. The van der Waals surface area contributed by atoms with E-state index in [1.165, 1.54) is 27.6 Å². The van der Waals surface area contributed by atoms with Crippen molar-refractivity contribution in [2.75, 3.05) is 0 Å². The van der Waals surface area contributed by atoms with Crippen LogP contribution in [0.1, 0.15) is 5.56 Å². The van der Waals surface area contributed by atoms with Gasteiger partial charge in [-0.05, 0) is 29.1 Å². The standard InChI is InChI=1S/C14H10N2O2S2/c17-12-6-5-9-3-1-2-4-10(9)11(12)7-15-16-13(18)8-20-14(16)19/h1-8,17-18H/b15-7+. The normalized spacial score (nSPS) is 11.4. The first kappa shape index (κ1) is 12.8. The Bertz CT molecular complexity index is 865. The fraction of sp³-hybridized carbons (Fsp3) is 0. The molecule has 0 saturated carbocycles. The molecule has 0 atom stereocenters. The summed E-state index contributed by atoms with van der Waals surface area (Å²) in [5, 5.41) is 27.2. The van der Waals surface area contributed by atoms with E-state index in [0.717, 1.165) is 10.8 Å². The van der Waals surface area contributed by atoms with Gasteiger partial charge in [-0.3, -0.25) is 0 Å². The van der Waals surface area contributed by atoms with Crippen molar-refractivity contribution in [3.8, 4) is 11.6 Å². The van der Waals surface area contributed by atoms with E-state index in [1.54, 1.807) is 6.07 Å². The van der Waals surface area contributed by atoms with Gasteiger partial charge in [0.15, 0.2) is 3.95 Å². The molecule has 0 bridgehead atoms. The number of phenols is 1. The second kappa shape index (κ2) is 5.07. The van der Waals surface area contributed by atoms with Crippen LogP contribution in [-0.2, 0) is 0 Å². The molecule has 4 nitrogen and oxygen atoms in total. The smallest absolute Gasteiger partial charge is 0.224 e. The van der Waals surface area contributed by atoms with E-state index in [2.05, 4.69) is 5.10 Å². The second-order valence-electron chi connectivity index (χ2n) is 4.14. The molecular formula is C14H10N2O2S2. The Kier molecular flexibility index (Phi) is 3.25. The number of fused-ring (bicyclic) bond motifs is 1. The molecule has 0 amide bonds. The molecule has 0 saturated heterocycles. The number of aromatic nitrogens is 1. The van der Waals surface area contributed by atoms with Crippen molar-refractivity contribution in [2.24, 2.45) is 5.10 Å². The lowest BCUT2D eigenvalue weighted by Gasteiger charge is -2.04. The molecule has 0 radical (unpaired) electrons. The first-order chi connectivity index (χ1) is 9.66. The van der Waals surface area contributed by atoms with E-state index in [-0.39, 0.29) is 11.6 Å². The van der Waals surface area contributed by atoms with Gasteiger partial charge in [-0.15, -0.1) is 11.3 Å². The van der Waals surface area contributed by atoms with Crippen molar-refractivity contribution in [1.29, 1.82) is 0 Å². The Labute approximate surface area is 123 Å². The number of aromatic hydroxyl groups is 2. The molecule has 20 heavy (non-hydrogen) atoms. The van der Waals surface area contributed by atoms with Crippen molar-refractivity contribution in [3.63, 3.8) is 0 Å². The summed E-state index contributed by atoms with van der Waals surface area (Å²) in [7, 11) is 0. The van der Waals surface area contributed by atoms with Gasteiger partial charge in [0.2, 0.25) is 5.88 Å². The van der Waals surface area contributed by atoms with Gasteiger partial charge in [0.1, 0.15) is 5.75 Å². The molecule has 0 aliphatic rings. The van der Waals surface area contributed by atoms with Crippen LogP contribution in [-0.4, -0.2) is 21.1 Å². The molecule has 3 rings (SSSR count). The van der Waals surface area contributed by atoms with E-state index in [1.807, 2.05) is 30.3 Å². The molecule has 1 aromatic heterocycles. The fourth-order valence-electron chi connectivity index (χ4n) is 1.94. The summed E-state index contributed by atoms with van der Waals surface area (Å²) in [5.41, 5.74) is 0.593. The van der Waals surface area contributed by atoms with E-state index in [4.69, 9.17) is 12.2 Å². The molecule has 100 valence electrons. The van der Waals surface area contributed by atoms with Crippen LogP contribution >= 0.6 is 23.6 Å². The summed E-state index contributed by atoms with van der Waals surface area (Å²) in [6.07, 6.45) is 1.50. The monoisotopic (exact) mass is 302 g/mol. The van der Waals surface area contributed by atoms with Crippen molar-refractivity contribution in [3.05, 3.63) is 51.3 Å². The van der Waals surface area contributed by atoms with Crippen molar-refractivity contribution < 1.29 is 10.2 Å². The van der Waals surface area contributed by atoms with Crippen LogP contribution in [0.15, 0.2) is 46.9 Å². The molecule has 1 heterocycles. The summed E-state index contributed by atoms with van der Waals surface area (Å²) in [4.78, 5) is 0. The van der Waals surface area contributed by atoms with Crippen LogP contribution < -0.4 is 0 Å². The highest BCUT2D eigenvalue weighted by molar-refractivity contribution is 7.73. The van der Waals surface area contributed by atoms with E-state index in [0.29, 0.717) is 9.52 Å². The average molecular weight is 302 g/mol. The third-order valence-corrected chi connectivity index (χ3v) is 4.07. The first-order valence-corrected chi connectivity index (χ1v) is 7.10. The Morgan fingerprint density at radius 2 is 1.95 bits per heavy atom. The topological polar surface area (TPSA) is 57.8 Å². The number of thiazole rings is 1. The summed E-state index contributed by atoms with van der Waals surface area (Å²) >= 11 is 6.29. The number of benzene rings is 2. The van der Waals surface area contributed by atoms with Gasteiger partial charge in [-0.2, -0.15) is 9.78 Å². The fourth-order valence-corrected chi connectivity index (χ4v) is 2.77. The van der Waals surface area contributed by atoms with Gasteiger partial charge in [-0.25, -0.2) is 0 Å². The van der Waals surface area contributed by atoms with Crippen LogP contribution in [0.2, 0.25) is 0 Å². The third-order valence-electron chi connectivity index (χ3n) is 2.91. The molecule has 0 unspecified atom stereocenters. The predicted octanol–water partition coefficient (Wildman–Crippen LogP) is 3.73. The number of hydrogen-bond acceptors (Lipinski definition) is 5. The predicted molar refractivity (Wildman–Crippen MR) is 83.4 cm³/mol. The minimum Gasteiger partial charge on any atom is -0.507 e. The highest BCUT2D eigenvalue weighted by Gasteiger charge is 2.05. The third kappa shape index (κ3) is 2.19. The van der Waals surface area contributed by atoms with Gasteiger partial charge in [-0.1, -0.05) is 30.3 Å². The highest BCUT2D eigenvalue weighted by Crippen LogP contribution is 2.26. The molecule has 0 spiro atoms. The summed E-state index contributed by atoms with van der Waals surface area (Å²) in [5.74, 6) is 0.115. The number of nitrogens with zero attached hydrogens (tertiary/aromatic N) is 2. The Morgan fingerprint density at radius 1 is 1.15 bits per heavy atom. The van der Waals surface area contributed by atoms with Crippen LogP contribution in [0, 0.1) is 3.95 Å². The molecule has 6 heteroatoms. The molecule has 0 aliphatic heterocycles. The lowest BCUT2D eigenvalue weighted by atomic mass is 10.0. The Hall–Kier alpha value is -2.18. The van der Waals surface area contributed by atoms with Gasteiger partial charge in [0, 0.05) is 5.56 Å². The van der Waals surface area contributed by atoms with Gasteiger partial charge < -0.3 is 10.2 Å². The van der Waals surface area contributed by atoms with Gasteiger partial charge >= 0.3 is 0 Å². The Balaban J connectivity index is 2.16. The second-order valence-corrected chi connectivity index (χ2v) is 5.64. The molecule has 0 fully saturated rings. The van der Waals surface area contributed by atoms with E-state index < -0.39 is 0 Å². The summed E-state index contributed by atoms with van der Waals surface area (Å²) in [6.45, 7) is 0. The minimum atomic E-state index is -0.0176. The number of phenolic OH excluding ortho intramolecular Hbond substituents is 1. The minimum absolute atomic E-state index is 0.0176. The molecule has 3 aromatic rings. The van der Waals surface area contributed by atoms with Crippen LogP contribution in [0.4, 0.5) is 0 Å². The highest BCUT2D eigenvalue weighted by atomic mass is 32.1. The number of rotatable bonds is 2. The van der Waals surface area contributed by atoms with Gasteiger partial charge in [0.25, 0.3) is 0 Å². The first-order valence-electron chi connectivity index (χ1n) is 5.81. The lowest BCUT2D eigenvalue weighted by Crippen LogP contribution is -1.91. The van der Waals surface area contributed by atoms with Crippen LogP contribution in [0.5, 0.6) is 11.6 Å². The van der Waals surface area contributed by atoms with Crippen molar-refractivity contribution in [1.82, 2.24) is 4.68 Å². The SMILES string of the molecule is Oc1ccc2ccccc2c1/C=N/n1c(O)csc1=S. The van der Waals surface area contributed by atoms with E-state index in [9.17, 15) is 10.2 Å². The van der Waals surface area contributed by atoms with Crippen molar-refractivity contribution in [2.45, 2.75) is 0 Å². The van der Waals surface area contributed by atoms with Crippen molar-refractivity contribution >= 4 is 40.5 Å². The maximum absolute atomic E-state index is 9.99. The maximum atomic E-state index is 9.99. The van der Waals surface area contributed by atoms with Crippen LogP contribution in [0.3, 0.4) is 0 Å². The van der Waals surface area contributed by atoms with Gasteiger partial charge in [0.05, 0.1) is 11.6 Å². The zero-order valence-corrected chi connectivity index (χ0v) is 11.9. The molecule has 2 N–H and O–H groups in total.